The number of aldehydes is 1. The van der Waals surface area contributed by atoms with Crippen molar-refractivity contribution in [3.05, 3.63) is 55.6 Å². The number of hydrogen-bond acceptors (Lipinski definition) is 12. The van der Waals surface area contributed by atoms with Crippen LogP contribution in [0.1, 0.15) is 70.0 Å². The number of benzene rings is 2. The van der Waals surface area contributed by atoms with E-state index in [4.69, 9.17) is 19.7 Å². The van der Waals surface area contributed by atoms with Crippen molar-refractivity contribution >= 4 is 41.7 Å². The Kier molecular flexibility index (Phi) is 15.1. The summed E-state index contributed by atoms with van der Waals surface area (Å²) < 4.78 is 10.2. The van der Waals surface area contributed by atoms with E-state index in [0.717, 1.165) is 16.7 Å². The summed E-state index contributed by atoms with van der Waals surface area (Å²) in [5, 5.41) is 57.9. The van der Waals surface area contributed by atoms with Gasteiger partial charge in [-0.05, 0) is 87.4 Å². The number of hydrogen-bond donors (Lipinski definition) is 9. The van der Waals surface area contributed by atoms with Gasteiger partial charge in [-0.25, -0.2) is 9.59 Å². The van der Waals surface area contributed by atoms with Crippen molar-refractivity contribution < 1.29 is 59.0 Å². The van der Waals surface area contributed by atoms with E-state index in [1.807, 2.05) is 6.92 Å². The minimum Gasteiger partial charge on any atom is -0.446 e. The van der Waals surface area contributed by atoms with Gasteiger partial charge in [0.05, 0.1) is 36.8 Å². The van der Waals surface area contributed by atoms with Crippen LogP contribution in [0.4, 0.5) is 21.0 Å². The summed E-state index contributed by atoms with van der Waals surface area (Å²) in [7, 11) is 0. The summed E-state index contributed by atoms with van der Waals surface area (Å²) in [6.07, 6.45) is -5.22. The summed E-state index contributed by atoms with van der Waals surface area (Å²) in [4.78, 5) is 63.2. The molecule has 0 bridgehead atoms. The third-order valence-electron chi connectivity index (χ3n) is 8.19. The second-order valence-corrected chi connectivity index (χ2v) is 11.6. The predicted octanol–water partition coefficient (Wildman–Crippen LogP) is 0.982. The van der Waals surface area contributed by atoms with Crippen LogP contribution in [-0.4, -0.2) is 114 Å². The fraction of sp³-hybridized carbons (Fsp3) is 0.485. The van der Waals surface area contributed by atoms with Crippen LogP contribution in [0, 0.1) is 48.5 Å². The van der Waals surface area contributed by atoms with Crippen molar-refractivity contribution in [1.82, 2.24) is 10.6 Å². The smallest absolute Gasteiger partial charge is 0.411 e. The maximum Gasteiger partial charge on any atom is 0.411 e. The Balaban J connectivity index is 2.20. The molecule has 0 heterocycles. The third-order valence-corrected chi connectivity index (χ3v) is 8.19. The van der Waals surface area contributed by atoms with Gasteiger partial charge in [-0.1, -0.05) is 0 Å². The highest BCUT2D eigenvalue weighted by atomic mass is 16.6. The standard InChI is InChI=1S/C33H46N4O12/c1-15-16(2)25(12-40)18(4)28(17(15)3)36-32(46)48-13-24(43)14-49-33(47)37-29-20(6)26(30(44)34-8-22(41)10-38)19(5)27(21(29)7)31(45)35-9-23(42)11-39/h12,22-24,38-39,41-43H,8-11,13-14H2,1-7H3,(H,34,44)(H,35,45)(H,36,46)(H,37,47). The fourth-order valence-corrected chi connectivity index (χ4v) is 5.21. The minimum absolute atomic E-state index is 0.0205. The van der Waals surface area contributed by atoms with E-state index < -0.39 is 68.7 Å². The van der Waals surface area contributed by atoms with Gasteiger partial charge in [-0.15, -0.1) is 0 Å². The number of aliphatic hydroxyl groups is 5. The number of carbonyl (C=O) groups excluding carboxylic acids is 5. The number of carbonyl (C=O) groups is 5. The molecule has 0 saturated heterocycles. The molecule has 0 radical (unpaired) electrons. The zero-order valence-corrected chi connectivity index (χ0v) is 28.6. The van der Waals surface area contributed by atoms with Gasteiger partial charge in [0.2, 0.25) is 0 Å². The molecular formula is C33H46N4O12. The monoisotopic (exact) mass is 690 g/mol. The van der Waals surface area contributed by atoms with Gasteiger partial charge in [-0.2, -0.15) is 0 Å². The molecule has 16 nitrogen and oxygen atoms in total. The van der Waals surface area contributed by atoms with Crippen LogP contribution in [0.3, 0.4) is 0 Å². The van der Waals surface area contributed by atoms with Gasteiger partial charge in [-0.3, -0.25) is 25.0 Å². The quantitative estimate of drug-likeness (QED) is 0.119. The van der Waals surface area contributed by atoms with Gasteiger partial charge >= 0.3 is 12.2 Å². The van der Waals surface area contributed by atoms with E-state index in [9.17, 15) is 39.3 Å². The van der Waals surface area contributed by atoms with Crippen LogP contribution >= 0.6 is 0 Å². The number of rotatable bonds is 15. The summed E-state index contributed by atoms with van der Waals surface area (Å²) in [5.41, 5.74) is 4.40. The predicted molar refractivity (Wildman–Crippen MR) is 178 cm³/mol. The largest absolute Gasteiger partial charge is 0.446 e. The molecule has 2 rings (SSSR count). The van der Waals surface area contributed by atoms with E-state index in [2.05, 4.69) is 21.3 Å². The molecule has 2 aromatic rings. The highest BCUT2D eigenvalue weighted by Gasteiger charge is 2.27. The molecule has 0 aliphatic heterocycles. The number of aliphatic hydroxyl groups excluding tert-OH is 5. The van der Waals surface area contributed by atoms with Crippen molar-refractivity contribution in [2.24, 2.45) is 0 Å². The molecule has 0 saturated carbocycles. The topological polar surface area (TPSA) is 253 Å². The lowest BCUT2D eigenvalue weighted by Crippen LogP contribution is -2.37. The second-order valence-electron chi connectivity index (χ2n) is 11.6. The Morgan fingerprint density at radius 2 is 1.00 bits per heavy atom. The van der Waals surface area contributed by atoms with Gasteiger partial charge in [0.25, 0.3) is 11.8 Å². The summed E-state index contributed by atoms with van der Waals surface area (Å²) in [6, 6.07) is 0. The SMILES string of the molecule is Cc1c(C)c(C=O)c(C)c(NC(=O)OCC(O)COC(=O)Nc2c(C)c(C(=O)NCC(O)CO)c(C)c(C(=O)NCC(O)CO)c2C)c1C. The molecule has 49 heavy (non-hydrogen) atoms. The van der Waals surface area contributed by atoms with Crippen LogP contribution in [-0.2, 0) is 9.47 Å². The molecule has 0 aromatic heterocycles. The van der Waals surface area contributed by atoms with Gasteiger partial charge in [0, 0.05) is 29.8 Å². The Hall–Kier alpha value is -4.61. The number of nitrogens with one attached hydrogen (secondary N) is 4. The van der Waals surface area contributed by atoms with E-state index in [1.54, 1.807) is 20.8 Å². The first-order chi connectivity index (χ1) is 23.0. The van der Waals surface area contributed by atoms with Gasteiger partial charge in [0.15, 0.2) is 6.29 Å². The highest BCUT2D eigenvalue weighted by molar-refractivity contribution is 6.07. The van der Waals surface area contributed by atoms with Crippen LogP contribution in [0.2, 0.25) is 0 Å². The second kappa shape index (κ2) is 18.2. The lowest BCUT2D eigenvalue weighted by molar-refractivity contribution is 0.0292. The van der Waals surface area contributed by atoms with Gasteiger partial charge in [0.1, 0.15) is 19.3 Å². The molecule has 0 aliphatic rings. The van der Waals surface area contributed by atoms with Crippen molar-refractivity contribution in [2.45, 2.75) is 66.8 Å². The first-order valence-electron chi connectivity index (χ1n) is 15.4. The summed E-state index contributed by atoms with van der Waals surface area (Å²) in [5.74, 6) is -1.44. The summed E-state index contributed by atoms with van der Waals surface area (Å²) >= 11 is 0. The average molecular weight is 691 g/mol. The summed E-state index contributed by atoms with van der Waals surface area (Å²) in [6.45, 7) is 8.59. The van der Waals surface area contributed by atoms with Crippen molar-refractivity contribution in [3.8, 4) is 0 Å². The highest BCUT2D eigenvalue weighted by Crippen LogP contribution is 2.32. The van der Waals surface area contributed by atoms with Gasteiger partial charge < -0.3 is 45.6 Å². The number of anilines is 2. The van der Waals surface area contributed by atoms with Crippen LogP contribution in [0.25, 0.3) is 0 Å². The molecule has 3 unspecified atom stereocenters. The fourth-order valence-electron chi connectivity index (χ4n) is 5.21. The van der Waals surface area contributed by atoms with E-state index in [-0.39, 0.29) is 46.6 Å². The normalized spacial score (nSPS) is 12.7. The Morgan fingerprint density at radius 3 is 1.39 bits per heavy atom. The van der Waals surface area contributed by atoms with Crippen LogP contribution < -0.4 is 21.3 Å². The lowest BCUT2D eigenvalue weighted by atomic mass is 9.90. The minimum atomic E-state index is -1.44. The Labute approximate surface area is 283 Å². The molecule has 0 spiro atoms. The molecule has 0 aliphatic carbocycles. The number of amides is 4. The molecule has 9 N–H and O–H groups in total. The molecule has 3 atom stereocenters. The van der Waals surface area contributed by atoms with Crippen molar-refractivity contribution in [3.63, 3.8) is 0 Å². The Morgan fingerprint density at radius 1 is 0.592 bits per heavy atom. The first kappa shape index (κ1) is 40.6. The molecule has 270 valence electrons. The molecule has 0 fully saturated rings. The maximum atomic E-state index is 13.2. The van der Waals surface area contributed by atoms with Crippen LogP contribution in [0.15, 0.2) is 0 Å². The number of ether oxygens (including phenoxy) is 2. The van der Waals surface area contributed by atoms with Crippen molar-refractivity contribution in [1.29, 1.82) is 0 Å². The molecule has 4 amide bonds. The van der Waals surface area contributed by atoms with E-state index >= 15 is 0 Å². The molecular weight excluding hydrogens is 644 g/mol. The molecule has 2 aromatic carbocycles. The van der Waals surface area contributed by atoms with Crippen LogP contribution in [0.5, 0.6) is 0 Å². The first-order valence-corrected chi connectivity index (χ1v) is 15.4. The zero-order chi connectivity index (χ0) is 37.2. The Bertz CT molecular complexity index is 1520. The van der Waals surface area contributed by atoms with Crippen molar-refractivity contribution in [2.75, 3.05) is 50.2 Å². The third kappa shape index (κ3) is 10.2. The van der Waals surface area contributed by atoms with E-state index in [0.29, 0.717) is 23.1 Å². The maximum absolute atomic E-state index is 13.2. The van der Waals surface area contributed by atoms with E-state index in [1.165, 1.54) is 20.8 Å². The average Bonchev–Trinajstić information content (AvgIpc) is 3.07. The zero-order valence-electron chi connectivity index (χ0n) is 28.6. The lowest BCUT2D eigenvalue weighted by Gasteiger charge is -2.22. The molecule has 16 heteroatoms.